The number of carbonyl (C=O) groups is 2. The molecule has 2 rings (SSSR count). The highest BCUT2D eigenvalue weighted by molar-refractivity contribution is 6.04. The molecule has 1 fully saturated rings. The molecule has 1 aliphatic carbocycles. The van der Waals surface area contributed by atoms with Crippen molar-refractivity contribution in [1.29, 1.82) is 0 Å². The number of amides is 2. The van der Waals surface area contributed by atoms with E-state index in [2.05, 4.69) is 5.32 Å². The van der Waals surface area contributed by atoms with E-state index in [4.69, 9.17) is 0 Å². The second-order valence-corrected chi connectivity index (χ2v) is 5.53. The van der Waals surface area contributed by atoms with E-state index in [1.807, 2.05) is 0 Å². The molecule has 0 bridgehead atoms. The zero-order valence-corrected chi connectivity index (χ0v) is 12.5. The van der Waals surface area contributed by atoms with Gasteiger partial charge in [-0.15, -0.1) is 0 Å². The Bertz CT molecular complexity index is 530. The fourth-order valence-corrected chi connectivity index (χ4v) is 2.65. The number of benzene rings is 1. The van der Waals surface area contributed by atoms with Crippen LogP contribution in [-0.4, -0.2) is 36.1 Å². The van der Waals surface area contributed by atoms with Gasteiger partial charge in [-0.1, -0.05) is 25.0 Å². The molecule has 2 atom stereocenters. The van der Waals surface area contributed by atoms with Gasteiger partial charge in [0.15, 0.2) is 0 Å². The third kappa shape index (κ3) is 3.61. The van der Waals surface area contributed by atoms with Gasteiger partial charge in [0, 0.05) is 14.0 Å². The number of carbonyl (C=O) groups excluding carboxylic acids is 2. The molecule has 5 heteroatoms. The summed E-state index contributed by atoms with van der Waals surface area (Å²) in [6.07, 6.45) is 3.03. The van der Waals surface area contributed by atoms with Gasteiger partial charge < -0.3 is 15.3 Å². The van der Waals surface area contributed by atoms with Gasteiger partial charge in [0.2, 0.25) is 5.91 Å². The summed E-state index contributed by atoms with van der Waals surface area (Å²) in [6.45, 7) is 1.46. The molecule has 114 valence electrons. The Morgan fingerprint density at radius 2 is 1.90 bits per heavy atom. The standard InChI is InChI=1S/C16H22N2O3/c1-11(19)18(2)14-9-5-3-7-12(14)16(21)17-13-8-4-6-10-15(13)20/h3,5,7,9,13,15,20H,4,6,8,10H2,1-2H3,(H,17,21)/t13-,15-/m1/s1. The average Bonchev–Trinajstić information content (AvgIpc) is 2.48. The lowest BCUT2D eigenvalue weighted by atomic mass is 9.92. The number of rotatable bonds is 3. The van der Waals surface area contributed by atoms with Crippen LogP contribution in [0.4, 0.5) is 5.69 Å². The summed E-state index contributed by atoms with van der Waals surface area (Å²) in [5.41, 5.74) is 1.03. The van der Waals surface area contributed by atoms with E-state index < -0.39 is 6.10 Å². The molecule has 5 nitrogen and oxygen atoms in total. The van der Waals surface area contributed by atoms with Crippen molar-refractivity contribution in [2.75, 3.05) is 11.9 Å². The predicted octanol–water partition coefficient (Wildman–Crippen LogP) is 1.70. The molecule has 0 aliphatic heterocycles. The van der Waals surface area contributed by atoms with E-state index in [0.29, 0.717) is 11.3 Å². The minimum Gasteiger partial charge on any atom is -0.391 e. The molecule has 0 unspecified atom stereocenters. The number of anilines is 1. The van der Waals surface area contributed by atoms with Crippen LogP contribution in [0.2, 0.25) is 0 Å². The van der Waals surface area contributed by atoms with Crippen LogP contribution in [0.15, 0.2) is 24.3 Å². The largest absolute Gasteiger partial charge is 0.391 e. The molecule has 1 aromatic rings. The van der Waals surface area contributed by atoms with E-state index in [1.165, 1.54) is 11.8 Å². The summed E-state index contributed by atoms with van der Waals surface area (Å²) in [7, 11) is 1.64. The summed E-state index contributed by atoms with van der Waals surface area (Å²) in [5, 5.41) is 12.8. The van der Waals surface area contributed by atoms with Gasteiger partial charge in [0.25, 0.3) is 5.91 Å². The first-order valence-corrected chi connectivity index (χ1v) is 7.33. The zero-order valence-electron chi connectivity index (χ0n) is 12.5. The molecular weight excluding hydrogens is 268 g/mol. The molecule has 0 spiro atoms. The maximum Gasteiger partial charge on any atom is 0.253 e. The van der Waals surface area contributed by atoms with Crippen molar-refractivity contribution in [1.82, 2.24) is 5.32 Å². The topological polar surface area (TPSA) is 69.6 Å². The lowest BCUT2D eigenvalue weighted by molar-refractivity contribution is -0.116. The van der Waals surface area contributed by atoms with Crippen LogP contribution in [0.3, 0.4) is 0 Å². The minimum atomic E-state index is -0.486. The van der Waals surface area contributed by atoms with Gasteiger partial charge in [-0.05, 0) is 25.0 Å². The molecule has 0 radical (unpaired) electrons. The lowest BCUT2D eigenvalue weighted by Crippen LogP contribution is -2.45. The van der Waals surface area contributed by atoms with Crippen molar-refractivity contribution >= 4 is 17.5 Å². The predicted molar refractivity (Wildman–Crippen MR) is 81.3 cm³/mol. The van der Waals surface area contributed by atoms with Crippen molar-refractivity contribution in [2.24, 2.45) is 0 Å². The summed E-state index contributed by atoms with van der Waals surface area (Å²) in [5.74, 6) is -0.377. The Balaban J connectivity index is 2.17. The van der Waals surface area contributed by atoms with Crippen LogP contribution >= 0.6 is 0 Å². The fourth-order valence-electron chi connectivity index (χ4n) is 2.65. The summed E-state index contributed by atoms with van der Waals surface area (Å²) >= 11 is 0. The normalized spacial score (nSPS) is 21.7. The number of nitrogens with one attached hydrogen (secondary N) is 1. The van der Waals surface area contributed by atoms with E-state index in [0.717, 1.165) is 25.7 Å². The van der Waals surface area contributed by atoms with Gasteiger partial charge in [0.05, 0.1) is 23.4 Å². The van der Waals surface area contributed by atoms with E-state index in [-0.39, 0.29) is 17.9 Å². The second-order valence-electron chi connectivity index (χ2n) is 5.53. The minimum absolute atomic E-state index is 0.132. The first-order valence-electron chi connectivity index (χ1n) is 7.33. The highest BCUT2D eigenvalue weighted by Crippen LogP contribution is 2.22. The van der Waals surface area contributed by atoms with Crippen LogP contribution < -0.4 is 10.2 Å². The van der Waals surface area contributed by atoms with Crippen LogP contribution in [0.1, 0.15) is 43.0 Å². The Kier molecular flexibility index (Phi) is 4.96. The highest BCUT2D eigenvalue weighted by Gasteiger charge is 2.26. The zero-order chi connectivity index (χ0) is 15.4. The maximum atomic E-state index is 12.4. The van der Waals surface area contributed by atoms with Gasteiger partial charge in [-0.3, -0.25) is 9.59 Å². The summed E-state index contributed by atoms with van der Waals surface area (Å²) in [6, 6.07) is 6.79. The first-order chi connectivity index (χ1) is 10.0. The lowest BCUT2D eigenvalue weighted by Gasteiger charge is -2.29. The van der Waals surface area contributed by atoms with Crippen molar-refractivity contribution in [3.8, 4) is 0 Å². The smallest absolute Gasteiger partial charge is 0.253 e. The Labute approximate surface area is 125 Å². The second kappa shape index (κ2) is 6.72. The van der Waals surface area contributed by atoms with Crippen molar-refractivity contribution in [2.45, 2.75) is 44.8 Å². The summed E-state index contributed by atoms with van der Waals surface area (Å²) in [4.78, 5) is 25.4. The van der Waals surface area contributed by atoms with Crippen LogP contribution in [0.25, 0.3) is 0 Å². The van der Waals surface area contributed by atoms with E-state index in [1.54, 1.807) is 31.3 Å². The molecule has 2 N–H and O–H groups in total. The molecule has 0 aromatic heterocycles. The third-order valence-corrected chi connectivity index (χ3v) is 4.03. The van der Waals surface area contributed by atoms with Gasteiger partial charge in [-0.25, -0.2) is 0 Å². The van der Waals surface area contributed by atoms with Gasteiger partial charge >= 0.3 is 0 Å². The molecule has 0 heterocycles. The van der Waals surface area contributed by atoms with Crippen LogP contribution in [0, 0.1) is 0 Å². The number of aliphatic hydroxyl groups is 1. The van der Waals surface area contributed by atoms with E-state index in [9.17, 15) is 14.7 Å². The SMILES string of the molecule is CC(=O)N(C)c1ccccc1C(=O)N[C@@H]1CCCC[C@H]1O. The third-order valence-electron chi connectivity index (χ3n) is 4.03. The van der Waals surface area contributed by atoms with Crippen molar-refractivity contribution in [3.05, 3.63) is 29.8 Å². The quantitative estimate of drug-likeness (QED) is 0.890. The monoisotopic (exact) mass is 290 g/mol. The number of nitrogens with zero attached hydrogens (tertiary/aromatic N) is 1. The number of para-hydroxylation sites is 1. The Morgan fingerprint density at radius 1 is 1.24 bits per heavy atom. The molecule has 0 saturated heterocycles. The van der Waals surface area contributed by atoms with Gasteiger partial charge in [0.1, 0.15) is 0 Å². The average molecular weight is 290 g/mol. The molecule has 2 amide bonds. The van der Waals surface area contributed by atoms with Crippen LogP contribution in [0.5, 0.6) is 0 Å². The van der Waals surface area contributed by atoms with E-state index >= 15 is 0 Å². The van der Waals surface area contributed by atoms with Crippen molar-refractivity contribution < 1.29 is 14.7 Å². The highest BCUT2D eigenvalue weighted by atomic mass is 16.3. The molecule has 1 saturated carbocycles. The summed E-state index contributed by atoms with van der Waals surface area (Å²) < 4.78 is 0. The first kappa shape index (κ1) is 15.5. The number of aliphatic hydroxyl groups excluding tert-OH is 1. The molecule has 21 heavy (non-hydrogen) atoms. The maximum absolute atomic E-state index is 12.4. The Hall–Kier alpha value is -1.88. The van der Waals surface area contributed by atoms with Crippen molar-refractivity contribution in [3.63, 3.8) is 0 Å². The number of hydrogen-bond donors (Lipinski definition) is 2. The molecule has 1 aromatic carbocycles. The number of hydrogen-bond acceptors (Lipinski definition) is 3. The van der Waals surface area contributed by atoms with Crippen LogP contribution in [-0.2, 0) is 4.79 Å². The Morgan fingerprint density at radius 3 is 2.57 bits per heavy atom. The van der Waals surface area contributed by atoms with Gasteiger partial charge in [-0.2, -0.15) is 0 Å². The molecule has 1 aliphatic rings. The molecular formula is C16H22N2O3. The fraction of sp³-hybridized carbons (Fsp3) is 0.500.